The molecule has 0 saturated heterocycles. The molecule has 1 aromatic carbocycles. The van der Waals surface area contributed by atoms with Gasteiger partial charge in [-0.25, -0.2) is 0 Å². The molecule has 0 aliphatic carbocycles. The molecule has 5 nitrogen and oxygen atoms in total. The number of nitrogens with zero attached hydrogens (tertiary/aromatic N) is 2. The van der Waals surface area contributed by atoms with E-state index in [1.54, 1.807) is 23.9 Å². The lowest BCUT2D eigenvalue weighted by Gasteiger charge is -2.08. The quantitative estimate of drug-likeness (QED) is 0.680. The summed E-state index contributed by atoms with van der Waals surface area (Å²) in [5.74, 6) is 1.29. The number of hydrogen-bond donors (Lipinski definition) is 1. The number of anilines is 1. The summed E-state index contributed by atoms with van der Waals surface area (Å²) in [7, 11) is 0. The topological polar surface area (TPSA) is 79.0 Å². The van der Waals surface area contributed by atoms with E-state index in [1.807, 2.05) is 0 Å². The molecule has 0 aromatic heterocycles. The molecule has 18 heavy (non-hydrogen) atoms. The molecule has 0 unspecified atom stereocenters. The van der Waals surface area contributed by atoms with Gasteiger partial charge in [-0.05, 0) is 12.1 Å². The molecule has 0 fully saturated rings. The standard InChI is InChI=1S/C11H8ClN3O2S/c12-8-1-2-9(11(3-8)15(16)17)14-10-6-18-5-7(10)4-13/h1-3,14H,5-6H2. The Morgan fingerprint density at radius 3 is 2.94 bits per heavy atom. The van der Waals surface area contributed by atoms with Gasteiger partial charge >= 0.3 is 0 Å². The molecule has 1 N–H and O–H groups in total. The maximum absolute atomic E-state index is 10.9. The molecule has 0 bridgehead atoms. The minimum Gasteiger partial charge on any atom is -0.352 e. The van der Waals surface area contributed by atoms with E-state index in [9.17, 15) is 10.1 Å². The number of hydrogen-bond acceptors (Lipinski definition) is 5. The number of benzene rings is 1. The van der Waals surface area contributed by atoms with Gasteiger partial charge < -0.3 is 5.32 Å². The van der Waals surface area contributed by atoms with Gasteiger partial charge in [-0.15, -0.1) is 11.8 Å². The van der Waals surface area contributed by atoms with E-state index >= 15 is 0 Å². The summed E-state index contributed by atoms with van der Waals surface area (Å²) < 4.78 is 0. The molecule has 92 valence electrons. The first-order valence-electron chi connectivity index (χ1n) is 5.02. The van der Waals surface area contributed by atoms with Crippen molar-refractivity contribution in [3.8, 4) is 6.07 Å². The van der Waals surface area contributed by atoms with E-state index in [1.165, 1.54) is 6.07 Å². The fourth-order valence-electron chi connectivity index (χ4n) is 1.56. The Morgan fingerprint density at radius 1 is 1.50 bits per heavy atom. The Hall–Kier alpha value is -1.71. The molecule has 2 rings (SSSR count). The van der Waals surface area contributed by atoms with Crippen LogP contribution in [0.5, 0.6) is 0 Å². The zero-order chi connectivity index (χ0) is 13.1. The summed E-state index contributed by atoms with van der Waals surface area (Å²) in [4.78, 5) is 10.4. The molecule has 0 atom stereocenters. The van der Waals surface area contributed by atoms with Crippen molar-refractivity contribution < 1.29 is 4.92 Å². The van der Waals surface area contributed by atoms with Crippen molar-refractivity contribution in [3.05, 3.63) is 44.6 Å². The molecule has 0 spiro atoms. The number of nitriles is 1. The van der Waals surface area contributed by atoms with Gasteiger partial charge in [0, 0.05) is 28.3 Å². The number of nitrogens with one attached hydrogen (secondary N) is 1. The largest absolute Gasteiger partial charge is 0.352 e. The van der Waals surface area contributed by atoms with Crippen molar-refractivity contribution in [2.24, 2.45) is 0 Å². The highest BCUT2D eigenvalue weighted by atomic mass is 35.5. The Labute approximate surface area is 113 Å². The highest BCUT2D eigenvalue weighted by molar-refractivity contribution is 7.99. The minimum atomic E-state index is -0.497. The molecule has 0 radical (unpaired) electrons. The van der Waals surface area contributed by atoms with Crippen molar-refractivity contribution >= 4 is 34.7 Å². The van der Waals surface area contributed by atoms with E-state index in [-0.39, 0.29) is 5.69 Å². The number of nitro groups is 1. The van der Waals surface area contributed by atoms with Gasteiger partial charge in [-0.1, -0.05) is 11.6 Å². The van der Waals surface area contributed by atoms with Crippen LogP contribution in [0.4, 0.5) is 11.4 Å². The van der Waals surface area contributed by atoms with Crippen LogP contribution >= 0.6 is 23.4 Å². The predicted octanol–water partition coefficient (Wildman–Crippen LogP) is 3.18. The first-order valence-corrected chi connectivity index (χ1v) is 6.56. The van der Waals surface area contributed by atoms with Crippen molar-refractivity contribution in [1.82, 2.24) is 0 Å². The maximum atomic E-state index is 10.9. The van der Waals surface area contributed by atoms with E-state index in [0.717, 1.165) is 5.70 Å². The van der Waals surface area contributed by atoms with E-state index in [4.69, 9.17) is 16.9 Å². The molecule has 1 aromatic rings. The Bertz CT molecular complexity index is 580. The van der Waals surface area contributed by atoms with Gasteiger partial charge in [0.25, 0.3) is 5.69 Å². The number of nitro benzene ring substituents is 1. The third kappa shape index (κ3) is 2.58. The third-order valence-electron chi connectivity index (χ3n) is 2.43. The van der Waals surface area contributed by atoms with Gasteiger partial charge in [0.05, 0.1) is 16.6 Å². The van der Waals surface area contributed by atoms with Gasteiger partial charge in [0.2, 0.25) is 0 Å². The van der Waals surface area contributed by atoms with Crippen LogP contribution in [0, 0.1) is 21.4 Å². The van der Waals surface area contributed by atoms with Crippen LogP contribution in [0.3, 0.4) is 0 Å². The lowest BCUT2D eigenvalue weighted by Crippen LogP contribution is -2.04. The van der Waals surface area contributed by atoms with Gasteiger partial charge in [-0.2, -0.15) is 5.26 Å². The monoisotopic (exact) mass is 281 g/mol. The number of halogens is 1. The Morgan fingerprint density at radius 2 is 2.28 bits per heavy atom. The zero-order valence-corrected chi connectivity index (χ0v) is 10.7. The fraction of sp³-hybridized carbons (Fsp3) is 0.182. The second-order valence-corrected chi connectivity index (χ2v) is 5.03. The van der Waals surface area contributed by atoms with Crippen molar-refractivity contribution in [2.45, 2.75) is 0 Å². The summed E-state index contributed by atoms with van der Waals surface area (Å²) in [6, 6.07) is 6.51. The SMILES string of the molecule is N#CC1=C(Nc2ccc(Cl)cc2[N+](=O)[O-])CSC1. The van der Waals surface area contributed by atoms with Crippen molar-refractivity contribution in [3.63, 3.8) is 0 Å². The summed E-state index contributed by atoms with van der Waals surface area (Å²) in [5.41, 5.74) is 1.62. The smallest absolute Gasteiger partial charge is 0.294 e. The highest BCUT2D eigenvalue weighted by Crippen LogP contribution is 2.32. The fourth-order valence-corrected chi connectivity index (χ4v) is 2.73. The Kier molecular flexibility index (Phi) is 3.75. The summed E-state index contributed by atoms with van der Waals surface area (Å²) in [5, 5.41) is 23.1. The normalized spacial score (nSPS) is 14.4. The molecule has 0 amide bonds. The lowest BCUT2D eigenvalue weighted by molar-refractivity contribution is -0.383. The molecular weight excluding hydrogens is 274 g/mol. The minimum absolute atomic E-state index is 0.0933. The number of rotatable bonds is 3. The van der Waals surface area contributed by atoms with Crippen molar-refractivity contribution in [1.29, 1.82) is 5.26 Å². The molecule has 1 aliphatic heterocycles. The Balaban J connectivity index is 2.35. The molecule has 7 heteroatoms. The van der Waals surface area contributed by atoms with Crippen LogP contribution in [0.25, 0.3) is 0 Å². The van der Waals surface area contributed by atoms with Crippen LogP contribution in [0.15, 0.2) is 29.5 Å². The van der Waals surface area contributed by atoms with Crippen LogP contribution in [-0.4, -0.2) is 16.4 Å². The molecule has 0 saturated carbocycles. The average Bonchev–Trinajstić information content (AvgIpc) is 2.78. The summed E-state index contributed by atoms with van der Waals surface area (Å²) in [6.45, 7) is 0. The third-order valence-corrected chi connectivity index (χ3v) is 3.65. The average molecular weight is 282 g/mol. The van der Waals surface area contributed by atoms with Crippen LogP contribution in [0.2, 0.25) is 5.02 Å². The second kappa shape index (κ2) is 5.29. The first kappa shape index (κ1) is 12.7. The molecule has 1 heterocycles. The van der Waals surface area contributed by atoms with Crippen molar-refractivity contribution in [2.75, 3.05) is 16.8 Å². The van der Waals surface area contributed by atoms with E-state index in [2.05, 4.69) is 11.4 Å². The molecular formula is C11H8ClN3O2S. The van der Waals surface area contributed by atoms with Gasteiger partial charge in [0.15, 0.2) is 0 Å². The van der Waals surface area contributed by atoms with Crippen LogP contribution < -0.4 is 5.32 Å². The first-order chi connectivity index (χ1) is 8.61. The number of thioether (sulfide) groups is 1. The van der Waals surface area contributed by atoms with Gasteiger partial charge in [0.1, 0.15) is 5.69 Å². The van der Waals surface area contributed by atoms with Crippen LogP contribution in [-0.2, 0) is 0 Å². The van der Waals surface area contributed by atoms with E-state index < -0.39 is 4.92 Å². The summed E-state index contributed by atoms with van der Waals surface area (Å²) >= 11 is 7.33. The highest BCUT2D eigenvalue weighted by Gasteiger charge is 2.19. The predicted molar refractivity (Wildman–Crippen MR) is 71.7 cm³/mol. The maximum Gasteiger partial charge on any atom is 0.294 e. The second-order valence-electron chi connectivity index (χ2n) is 3.61. The summed E-state index contributed by atoms with van der Waals surface area (Å²) in [6.07, 6.45) is 0. The zero-order valence-electron chi connectivity index (χ0n) is 9.14. The molecule has 1 aliphatic rings. The van der Waals surface area contributed by atoms with Crippen LogP contribution in [0.1, 0.15) is 0 Å². The van der Waals surface area contributed by atoms with E-state index in [0.29, 0.717) is 27.8 Å². The lowest BCUT2D eigenvalue weighted by atomic mass is 10.2. The van der Waals surface area contributed by atoms with Gasteiger partial charge in [-0.3, -0.25) is 10.1 Å².